The minimum absolute atomic E-state index is 0.601. The fourth-order valence-electron chi connectivity index (χ4n) is 9.54. The molecule has 0 amide bonds. The Morgan fingerprint density at radius 3 is 1.43 bits per heavy atom. The lowest BCUT2D eigenvalue weighted by Gasteiger charge is -2.26. The summed E-state index contributed by atoms with van der Waals surface area (Å²) in [5, 5.41) is 19.2. The number of fused-ring (bicyclic) bond motifs is 8. The summed E-state index contributed by atoms with van der Waals surface area (Å²) in [6.07, 6.45) is 0. The van der Waals surface area contributed by atoms with Gasteiger partial charge in [-0.05, 0) is 148 Å². The van der Waals surface area contributed by atoms with Crippen molar-refractivity contribution in [3.63, 3.8) is 0 Å². The number of aromatic nitrogens is 1. The van der Waals surface area contributed by atoms with Gasteiger partial charge in [-0.25, -0.2) is 4.85 Å². The summed E-state index contributed by atoms with van der Waals surface area (Å²) in [6.45, 7) is 7.73. The summed E-state index contributed by atoms with van der Waals surface area (Å²) in [6, 6.07) is 76.8. The molecule has 0 N–H and O–H groups in total. The standard InChI is InChI=1S/C58H35N5/c1-60-45-16-12-22-49(36-45)62(47-19-9-4-10-20-47)51-26-24-41-31-53-55-33-44(39-14-5-2-6-15-39)32-54-52-30-40-23-25-50(28-42(40)34-56(52)63(58(54)55)57(53)35-43(41)29-51)61(46-17-7-3-8-18-46)48-21-11-13-38(27-48)37-59/h2-36H. The lowest BCUT2D eigenvalue weighted by atomic mass is 9.97. The molecule has 12 rings (SSSR count). The van der Waals surface area contributed by atoms with Gasteiger partial charge in [-0.15, -0.1) is 0 Å². The van der Waals surface area contributed by atoms with Gasteiger partial charge in [-0.1, -0.05) is 97.1 Å². The van der Waals surface area contributed by atoms with Gasteiger partial charge >= 0.3 is 0 Å². The highest BCUT2D eigenvalue weighted by atomic mass is 15.1. The smallest absolute Gasteiger partial charge is 0.189 e. The average molecular weight is 802 g/mol. The van der Waals surface area contributed by atoms with Crippen LogP contribution in [-0.4, -0.2) is 4.40 Å². The van der Waals surface area contributed by atoms with Crippen molar-refractivity contribution in [2.45, 2.75) is 0 Å². The highest BCUT2D eigenvalue weighted by Crippen LogP contribution is 2.46. The molecule has 0 aliphatic heterocycles. The van der Waals surface area contributed by atoms with Crippen LogP contribution in [0.4, 0.5) is 39.8 Å². The fourth-order valence-corrected chi connectivity index (χ4v) is 9.54. The highest BCUT2D eigenvalue weighted by molar-refractivity contribution is 6.27. The molecule has 0 atom stereocenters. The van der Waals surface area contributed by atoms with Gasteiger partial charge in [-0.2, -0.15) is 5.26 Å². The molecule has 5 nitrogen and oxygen atoms in total. The molecule has 5 heteroatoms. The molecule has 0 radical (unpaired) electrons. The van der Waals surface area contributed by atoms with Crippen molar-refractivity contribution in [3.05, 3.63) is 229 Å². The number of rotatable bonds is 7. The molecule has 0 unspecified atom stereocenters. The van der Waals surface area contributed by atoms with E-state index in [-0.39, 0.29) is 0 Å². The largest absolute Gasteiger partial charge is 0.312 e. The minimum Gasteiger partial charge on any atom is -0.312 e. The Bertz CT molecular complexity index is 3590. The molecule has 12 aromatic rings. The van der Waals surface area contributed by atoms with Gasteiger partial charge in [0.15, 0.2) is 5.69 Å². The number of nitrogens with zero attached hydrogens (tertiary/aromatic N) is 5. The van der Waals surface area contributed by atoms with Crippen LogP contribution in [0, 0.1) is 17.9 Å². The second-order valence-electron chi connectivity index (χ2n) is 16.1. The zero-order valence-electron chi connectivity index (χ0n) is 33.9. The van der Waals surface area contributed by atoms with Gasteiger partial charge < -0.3 is 14.2 Å². The molecule has 0 bridgehead atoms. The van der Waals surface area contributed by atoms with Crippen molar-refractivity contribution in [3.8, 4) is 17.2 Å². The maximum Gasteiger partial charge on any atom is 0.189 e. The molecule has 0 spiro atoms. The van der Waals surface area contributed by atoms with Crippen molar-refractivity contribution in [2.75, 3.05) is 9.80 Å². The minimum atomic E-state index is 0.601. The SMILES string of the molecule is [C-]#[N+]c1cccc(N(c2ccccc2)c2ccc3cc4c5cc(-c6ccccc6)cc6c7cc8ccc(N(c9ccccc9)c9cccc(C#N)c9)cc8cc7n(c4cc3c2)c65)c1. The quantitative estimate of drug-likeness (QED) is 0.151. The first-order valence-corrected chi connectivity index (χ1v) is 21.0. The van der Waals surface area contributed by atoms with Gasteiger partial charge in [0.25, 0.3) is 0 Å². The average Bonchev–Trinajstić information content (AvgIpc) is 3.84. The van der Waals surface area contributed by atoms with Gasteiger partial charge in [0, 0.05) is 55.7 Å². The molecule has 0 aliphatic rings. The first kappa shape index (κ1) is 36.0. The molecular formula is C58H35N5. The molecule has 10 aromatic carbocycles. The third kappa shape index (κ3) is 5.92. The molecule has 292 valence electrons. The summed E-state index contributed by atoms with van der Waals surface area (Å²) in [5.41, 5.74) is 13.0. The Hall–Kier alpha value is -8.90. The Balaban J connectivity index is 1.11. The van der Waals surface area contributed by atoms with E-state index >= 15 is 0 Å². The Labute approximate surface area is 363 Å². The summed E-state index contributed by atoms with van der Waals surface area (Å²) in [7, 11) is 0. The van der Waals surface area contributed by atoms with Crippen LogP contribution in [0.15, 0.2) is 212 Å². The predicted molar refractivity (Wildman–Crippen MR) is 262 cm³/mol. The van der Waals surface area contributed by atoms with Crippen LogP contribution in [0.25, 0.3) is 75.6 Å². The van der Waals surface area contributed by atoms with Crippen molar-refractivity contribution in [2.24, 2.45) is 0 Å². The normalized spacial score (nSPS) is 11.5. The Kier molecular flexibility index (Phi) is 8.22. The van der Waals surface area contributed by atoms with Crippen molar-refractivity contribution in [1.29, 1.82) is 5.26 Å². The van der Waals surface area contributed by atoms with Crippen LogP contribution in [-0.2, 0) is 0 Å². The third-order valence-corrected chi connectivity index (χ3v) is 12.4. The second-order valence-corrected chi connectivity index (χ2v) is 16.1. The van der Waals surface area contributed by atoms with Crippen molar-refractivity contribution in [1.82, 2.24) is 4.40 Å². The monoisotopic (exact) mass is 801 g/mol. The maximum atomic E-state index is 9.82. The predicted octanol–water partition coefficient (Wildman–Crippen LogP) is 16.2. The molecule has 0 saturated heterocycles. The van der Waals surface area contributed by atoms with E-state index in [0.717, 1.165) is 66.7 Å². The first-order valence-electron chi connectivity index (χ1n) is 21.0. The van der Waals surface area contributed by atoms with Crippen LogP contribution < -0.4 is 9.80 Å². The van der Waals surface area contributed by atoms with Gasteiger partial charge in [0.05, 0.1) is 34.8 Å². The number of anilines is 6. The topological polar surface area (TPSA) is 39.0 Å². The zero-order valence-corrected chi connectivity index (χ0v) is 33.9. The van der Waals surface area contributed by atoms with Crippen LogP contribution in [0.3, 0.4) is 0 Å². The van der Waals surface area contributed by atoms with Crippen LogP contribution in [0.5, 0.6) is 0 Å². The number of para-hydroxylation sites is 2. The molecule has 0 fully saturated rings. The fraction of sp³-hybridized carbons (Fsp3) is 0. The molecule has 2 aromatic heterocycles. The van der Waals surface area contributed by atoms with E-state index in [2.05, 4.69) is 177 Å². The summed E-state index contributed by atoms with van der Waals surface area (Å²) in [4.78, 5) is 8.19. The van der Waals surface area contributed by atoms with E-state index < -0.39 is 0 Å². The Morgan fingerprint density at radius 2 is 0.889 bits per heavy atom. The van der Waals surface area contributed by atoms with Crippen molar-refractivity contribution >= 4 is 99.5 Å². The van der Waals surface area contributed by atoms with Gasteiger partial charge in [0.2, 0.25) is 0 Å². The van der Waals surface area contributed by atoms with E-state index in [1.54, 1.807) is 0 Å². The molecule has 2 heterocycles. The zero-order chi connectivity index (χ0) is 42.0. The molecule has 63 heavy (non-hydrogen) atoms. The second kappa shape index (κ2) is 14.4. The number of benzene rings is 10. The van der Waals surface area contributed by atoms with Crippen molar-refractivity contribution < 1.29 is 0 Å². The number of nitriles is 1. The number of hydrogen-bond acceptors (Lipinski definition) is 3. The van der Waals surface area contributed by atoms with E-state index in [1.807, 2.05) is 60.7 Å². The van der Waals surface area contributed by atoms with E-state index in [0.29, 0.717) is 11.3 Å². The summed E-state index contributed by atoms with van der Waals surface area (Å²) >= 11 is 0. The number of hydrogen-bond donors (Lipinski definition) is 0. The third-order valence-electron chi connectivity index (χ3n) is 12.4. The van der Waals surface area contributed by atoms with Gasteiger partial charge in [-0.3, -0.25) is 0 Å². The molecule has 0 saturated carbocycles. The van der Waals surface area contributed by atoms with Crippen LogP contribution in [0.2, 0.25) is 0 Å². The van der Waals surface area contributed by atoms with Gasteiger partial charge in [0.1, 0.15) is 0 Å². The lowest BCUT2D eigenvalue weighted by molar-refractivity contribution is 1.28. The molecular weight excluding hydrogens is 767 g/mol. The first-order chi connectivity index (χ1) is 31.1. The van der Waals surface area contributed by atoms with E-state index in [1.165, 1.54) is 38.2 Å². The highest BCUT2D eigenvalue weighted by Gasteiger charge is 2.22. The lowest BCUT2D eigenvalue weighted by Crippen LogP contribution is -2.09. The molecule has 0 aliphatic carbocycles. The van der Waals surface area contributed by atoms with E-state index in [9.17, 15) is 5.26 Å². The summed E-state index contributed by atoms with van der Waals surface area (Å²) in [5.74, 6) is 0. The van der Waals surface area contributed by atoms with E-state index in [4.69, 9.17) is 6.57 Å². The van der Waals surface area contributed by atoms with Crippen LogP contribution >= 0.6 is 0 Å². The Morgan fingerprint density at radius 1 is 0.397 bits per heavy atom. The summed E-state index contributed by atoms with van der Waals surface area (Å²) < 4.78 is 2.47. The maximum absolute atomic E-state index is 9.82. The van der Waals surface area contributed by atoms with Crippen LogP contribution in [0.1, 0.15) is 5.56 Å².